The van der Waals surface area contributed by atoms with Crippen LogP contribution in [0.3, 0.4) is 0 Å². The van der Waals surface area contributed by atoms with E-state index in [1.807, 2.05) is 24.3 Å². The minimum absolute atomic E-state index is 0.323. The molecular formula is C14H24O2P2. The summed E-state index contributed by atoms with van der Waals surface area (Å²) in [6, 6.07) is 8.09. The van der Waals surface area contributed by atoms with Crippen molar-refractivity contribution in [3.05, 3.63) is 24.3 Å². The SMILES string of the molecule is CCP(CC)Oc1cccc(OP(CC)CC)c1. The largest absolute Gasteiger partial charge is 0.474 e. The molecule has 18 heavy (non-hydrogen) atoms. The third kappa shape index (κ3) is 5.12. The summed E-state index contributed by atoms with van der Waals surface area (Å²) < 4.78 is 12.0. The van der Waals surface area contributed by atoms with Crippen molar-refractivity contribution in [2.24, 2.45) is 0 Å². The fraction of sp³-hybridized carbons (Fsp3) is 0.571. The lowest BCUT2D eigenvalue weighted by Gasteiger charge is -2.18. The maximum atomic E-state index is 5.99. The first-order valence-electron chi connectivity index (χ1n) is 6.69. The van der Waals surface area contributed by atoms with Crippen LogP contribution in [-0.4, -0.2) is 24.6 Å². The third-order valence-corrected chi connectivity index (χ3v) is 6.45. The fourth-order valence-corrected chi connectivity index (χ4v) is 3.83. The fourth-order valence-electron chi connectivity index (χ4n) is 1.59. The zero-order valence-corrected chi connectivity index (χ0v) is 13.6. The van der Waals surface area contributed by atoms with Crippen LogP contribution < -0.4 is 9.05 Å². The molecule has 0 atom stereocenters. The van der Waals surface area contributed by atoms with E-state index in [2.05, 4.69) is 27.7 Å². The van der Waals surface area contributed by atoms with Gasteiger partial charge in [-0.3, -0.25) is 0 Å². The topological polar surface area (TPSA) is 18.5 Å². The quantitative estimate of drug-likeness (QED) is 0.602. The van der Waals surface area contributed by atoms with E-state index >= 15 is 0 Å². The van der Waals surface area contributed by atoms with Gasteiger partial charge in [-0.2, -0.15) is 0 Å². The van der Waals surface area contributed by atoms with Crippen LogP contribution in [-0.2, 0) is 0 Å². The maximum absolute atomic E-state index is 5.99. The van der Waals surface area contributed by atoms with Gasteiger partial charge in [-0.15, -0.1) is 0 Å². The minimum atomic E-state index is -0.323. The zero-order valence-electron chi connectivity index (χ0n) is 11.8. The molecule has 102 valence electrons. The highest BCUT2D eigenvalue weighted by Crippen LogP contribution is 2.41. The van der Waals surface area contributed by atoms with Gasteiger partial charge in [0, 0.05) is 30.7 Å². The second-order valence-electron chi connectivity index (χ2n) is 3.89. The average Bonchev–Trinajstić information content (AvgIpc) is 2.42. The summed E-state index contributed by atoms with van der Waals surface area (Å²) in [4.78, 5) is 0. The van der Waals surface area contributed by atoms with Crippen molar-refractivity contribution in [1.82, 2.24) is 0 Å². The van der Waals surface area contributed by atoms with Crippen molar-refractivity contribution >= 4 is 16.3 Å². The Kier molecular flexibility index (Phi) is 7.63. The number of hydrogen-bond acceptors (Lipinski definition) is 2. The van der Waals surface area contributed by atoms with Gasteiger partial charge < -0.3 is 9.05 Å². The molecule has 0 fully saturated rings. The van der Waals surface area contributed by atoms with Crippen molar-refractivity contribution < 1.29 is 9.05 Å². The first kappa shape index (κ1) is 15.7. The van der Waals surface area contributed by atoms with Crippen LogP contribution in [0.4, 0.5) is 0 Å². The molecule has 0 aromatic heterocycles. The lowest BCUT2D eigenvalue weighted by molar-refractivity contribution is 0.587. The van der Waals surface area contributed by atoms with Gasteiger partial charge in [0.2, 0.25) is 0 Å². The Hall–Kier alpha value is -0.320. The van der Waals surface area contributed by atoms with Gasteiger partial charge in [-0.05, 0) is 12.1 Å². The Balaban J connectivity index is 2.66. The van der Waals surface area contributed by atoms with Gasteiger partial charge in [0.05, 0.1) is 16.3 Å². The van der Waals surface area contributed by atoms with E-state index in [1.165, 1.54) is 0 Å². The summed E-state index contributed by atoms with van der Waals surface area (Å²) >= 11 is 0. The summed E-state index contributed by atoms with van der Waals surface area (Å²) in [5.41, 5.74) is 0. The Morgan fingerprint density at radius 1 is 0.778 bits per heavy atom. The molecule has 0 spiro atoms. The predicted molar refractivity (Wildman–Crippen MR) is 83.7 cm³/mol. The van der Waals surface area contributed by atoms with E-state index in [0.29, 0.717) is 0 Å². The number of rotatable bonds is 8. The van der Waals surface area contributed by atoms with Gasteiger partial charge in [0.15, 0.2) is 0 Å². The summed E-state index contributed by atoms with van der Waals surface area (Å²) in [6.45, 7) is 8.73. The molecule has 0 aliphatic rings. The maximum Gasteiger partial charge on any atom is 0.126 e. The molecule has 0 unspecified atom stereocenters. The van der Waals surface area contributed by atoms with Crippen molar-refractivity contribution in [3.63, 3.8) is 0 Å². The Labute approximate surface area is 114 Å². The van der Waals surface area contributed by atoms with Crippen molar-refractivity contribution in [3.8, 4) is 11.5 Å². The Morgan fingerprint density at radius 3 is 1.50 bits per heavy atom. The monoisotopic (exact) mass is 286 g/mol. The summed E-state index contributed by atoms with van der Waals surface area (Å²) in [5, 5.41) is 0. The lowest BCUT2D eigenvalue weighted by atomic mass is 10.3. The van der Waals surface area contributed by atoms with Crippen LogP contribution in [0.5, 0.6) is 11.5 Å². The molecule has 0 aliphatic heterocycles. The molecule has 1 rings (SSSR count). The standard InChI is InChI=1S/C14H24O2P2/c1-5-17(6-2)15-13-10-9-11-14(12-13)16-18(7-3)8-4/h9-12H,5-8H2,1-4H3. The Bertz CT molecular complexity index is 307. The summed E-state index contributed by atoms with van der Waals surface area (Å²) in [6.07, 6.45) is 4.42. The molecule has 2 nitrogen and oxygen atoms in total. The van der Waals surface area contributed by atoms with Gasteiger partial charge in [-0.25, -0.2) is 0 Å². The third-order valence-electron chi connectivity index (χ3n) is 2.69. The molecule has 0 N–H and O–H groups in total. The van der Waals surface area contributed by atoms with Crippen LogP contribution in [0, 0.1) is 0 Å². The molecule has 0 amide bonds. The predicted octanol–water partition coefficient (Wildman–Crippen LogP) is 5.32. The van der Waals surface area contributed by atoms with Crippen LogP contribution in [0.2, 0.25) is 0 Å². The van der Waals surface area contributed by atoms with Crippen molar-refractivity contribution in [2.75, 3.05) is 24.6 Å². The van der Waals surface area contributed by atoms with Crippen molar-refractivity contribution in [2.45, 2.75) is 27.7 Å². The van der Waals surface area contributed by atoms with E-state index in [-0.39, 0.29) is 16.3 Å². The summed E-state index contributed by atoms with van der Waals surface area (Å²) in [5.74, 6) is 1.90. The molecule has 4 heteroatoms. The van der Waals surface area contributed by atoms with Crippen LogP contribution in [0.1, 0.15) is 27.7 Å². The second kappa shape index (κ2) is 8.73. The van der Waals surface area contributed by atoms with Gasteiger partial charge >= 0.3 is 0 Å². The minimum Gasteiger partial charge on any atom is -0.474 e. The molecule has 1 aromatic carbocycles. The first-order chi connectivity index (χ1) is 8.73. The van der Waals surface area contributed by atoms with Crippen LogP contribution in [0.25, 0.3) is 0 Å². The molecule has 0 saturated carbocycles. The molecule has 0 bridgehead atoms. The molecular weight excluding hydrogens is 262 g/mol. The highest BCUT2D eigenvalue weighted by Gasteiger charge is 2.08. The highest BCUT2D eigenvalue weighted by atomic mass is 31.1. The van der Waals surface area contributed by atoms with Gasteiger partial charge in [-0.1, -0.05) is 33.8 Å². The number of benzene rings is 1. The Morgan fingerprint density at radius 2 is 1.17 bits per heavy atom. The molecule has 0 radical (unpaired) electrons. The van der Waals surface area contributed by atoms with Gasteiger partial charge in [0.1, 0.15) is 11.5 Å². The molecule has 0 heterocycles. The van der Waals surface area contributed by atoms with E-state index in [0.717, 1.165) is 36.1 Å². The zero-order chi connectivity index (χ0) is 13.4. The smallest absolute Gasteiger partial charge is 0.126 e. The first-order valence-corrected chi connectivity index (χ1v) is 9.95. The number of hydrogen-bond donors (Lipinski definition) is 0. The van der Waals surface area contributed by atoms with E-state index in [4.69, 9.17) is 9.05 Å². The van der Waals surface area contributed by atoms with Crippen LogP contribution >= 0.6 is 16.3 Å². The summed E-state index contributed by atoms with van der Waals surface area (Å²) in [7, 11) is -0.645. The van der Waals surface area contributed by atoms with E-state index < -0.39 is 0 Å². The highest BCUT2D eigenvalue weighted by molar-refractivity contribution is 7.53. The average molecular weight is 286 g/mol. The molecule has 1 aromatic rings. The van der Waals surface area contributed by atoms with Gasteiger partial charge in [0.25, 0.3) is 0 Å². The lowest BCUT2D eigenvalue weighted by Crippen LogP contribution is -1.95. The van der Waals surface area contributed by atoms with Crippen LogP contribution in [0.15, 0.2) is 24.3 Å². The van der Waals surface area contributed by atoms with E-state index in [9.17, 15) is 0 Å². The molecule has 0 aliphatic carbocycles. The van der Waals surface area contributed by atoms with E-state index in [1.54, 1.807) is 0 Å². The van der Waals surface area contributed by atoms with Crippen molar-refractivity contribution in [1.29, 1.82) is 0 Å². The normalized spacial score (nSPS) is 11.0. The second-order valence-corrected chi connectivity index (χ2v) is 8.71. The molecule has 0 saturated heterocycles.